The second-order valence-corrected chi connectivity index (χ2v) is 7.56. The summed E-state index contributed by atoms with van der Waals surface area (Å²) in [6.45, 7) is 1.54. The van der Waals surface area contributed by atoms with Gasteiger partial charge >= 0.3 is 0 Å². The van der Waals surface area contributed by atoms with Crippen LogP contribution < -0.4 is 9.13 Å². The van der Waals surface area contributed by atoms with Crippen molar-refractivity contribution in [2.45, 2.75) is 13.1 Å². The van der Waals surface area contributed by atoms with E-state index in [4.69, 9.17) is 10.5 Å². The highest BCUT2D eigenvalue weighted by atomic mass is 14.9. The highest BCUT2D eigenvalue weighted by Gasteiger charge is 2.04. The molecule has 2 aromatic heterocycles. The fraction of sp³-hybridized carbons (Fsp3) is 0.0714. The molecule has 4 rings (SSSR count). The van der Waals surface area contributed by atoms with Gasteiger partial charge in [-0.15, -0.1) is 0 Å². The van der Waals surface area contributed by atoms with Crippen LogP contribution in [-0.4, -0.2) is 0 Å². The predicted molar refractivity (Wildman–Crippen MR) is 123 cm³/mol. The van der Waals surface area contributed by atoms with E-state index in [1.807, 2.05) is 48.5 Å². The number of hydrogen-bond donors (Lipinski definition) is 0. The van der Waals surface area contributed by atoms with Crippen LogP contribution in [0.4, 0.5) is 0 Å². The molecule has 2 aromatic carbocycles. The van der Waals surface area contributed by atoms with Crippen molar-refractivity contribution in [2.75, 3.05) is 0 Å². The second kappa shape index (κ2) is 9.98. The van der Waals surface area contributed by atoms with Gasteiger partial charge in [-0.25, -0.2) is 9.13 Å². The summed E-state index contributed by atoms with van der Waals surface area (Å²) < 4.78 is 4.24. The summed E-state index contributed by atoms with van der Waals surface area (Å²) in [5.74, 6) is 0. The molecule has 152 valence electrons. The molecule has 4 nitrogen and oxygen atoms in total. The molecule has 0 aliphatic heterocycles. The monoisotopic (exact) mass is 414 g/mol. The van der Waals surface area contributed by atoms with Gasteiger partial charge in [-0.3, -0.25) is 0 Å². The van der Waals surface area contributed by atoms with Gasteiger partial charge in [0.2, 0.25) is 0 Å². The van der Waals surface area contributed by atoms with Crippen LogP contribution in [0.15, 0.2) is 97.6 Å². The molecule has 0 aliphatic rings. The lowest BCUT2D eigenvalue weighted by molar-refractivity contribution is -0.688. The average Bonchev–Trinajstić information content (AvgIpc) is 2.85. The van der Waals surface area contributed by atoms with E-state index in [1.165, 1.54) is 0 Å². The number of pyridine rings is 2. The van der Waals surface area contributed by atoms with Crippen LogP contribution in [0.1, 0.15) is 33.4 Å². The molecule has 0 radical (unpaired) electrons. The Morgan fingerprint density at radius 1 is 0.531 bits per heavy atom. The van der Waals surface area contributed by atoms with Gasteiger partial charge in [0.15, 0.2) is 37.9 Å². The Labute approximate surface area is 188 Å². The SMILES string of the molecule is N#Cc1ccc(C[n+]2ccc(/C=C/c3cc[n+](Cc4ccc(C#N)cc4)cc3)cc2)cc1. The Balaban J connectivity index is 1.35. The molecular weight excluding hydrogens is 392 g/mol. The largest absolute Gasteiger partial charge is 0.201 e. The first-order valence-electron chi connectivity index (χ1n) is 10.4. The van der Waals surface area contributed by atoms with Crippen LogP contribution in [0, 0.1) is 22.7 Å². The van der Waals surface area contributed by atoms with Crippen molar-refractivity contribution in [3.8, 4) is 12.1 Å². The predicted octanol–water partition coefficient (Wildman–Crippen LogP) is 4.27. The van der Waals surface area contributed by atoms with Gasteiger partial charge in [-0.2, -0.15) is 10.5 Å². The molecule has 0 saturated carbocycles. The van der Waals surface area contributed by atoms with Crippen LogP contribution in [-0.2, 0) is 13.1 Å². The first-order valence-corrected chi connectivity index (χ1v) is 10.4. The third-order valence-electron chi connectivity index (χ3n) is 5.20. The van der Waals surface area contributed by atoms with Crippen LogP contribution >= 0.6 is 0 Å². The van der Waals surface area contributed by atoms with Crippen molar-refractivity contribution in [1.29, 1.82) is 10.5 Å². The Bertz CT molecular complexity index is 1180. The average molecular weight is 415 g/mol. The smallest absolute Gasteiger partial charge is 0.173 e. The van der Waals surface area contributed by atoms with Crippen molar-refractivity contribution in [1.82, 2.24) is 0 Å². The highest BCUT2D eigenvalue weighted by Crippen LogP contribution is 2.08. The van der Waals surface area contributed by atoms with Crippen LogP contribution in [0.5, 0.6) is 0 Å². The fourth-order valence-corrected chi connectivity index (χ4v) is 3.35. The Kier molecular flexibility index (Phi) is 6.46. The summed E-state index contributed by atoms with van der Waals surface area (Å²) in [6.07, 6.45) is 12.5. The maximum Gasteiger partial charge on any atom is 0.173 e. The molecule has 4 heteroatoms. The Morgan fingerprint density at radius 2 is 0.875 bits per heavy atom. The van der Waals surface area contributed by atoms with Crippen molar-refractivity contribution < 1.29 is 9.13 Å². The van der Waals surface area contributed by atoms with E-state index in [-0.39, 0.29) is 0 Å². The number of hydrogen-bond acceptors (Lipinski definition) is 2. The molecule has 32 heavy (non-hydrogen) atoms. The molecule has 0 unspecified atom stereocenters. The van der Waals surface area contributed by atoms with E-state index in [0.717, 1.165) is 35.3 Å². The molecule has 0 bridgehead atoms. The molecule has 0 saturated heterocycles. The van der Waals surface area contributed by atoms with Crippen LogP contribution in [0.25, 0.3) is 12.2 Å². The third-order valence-corrected chi connectivity index (χ3v) is 5.20. The molecule has 0 fully saturated rings. The van der Waals surface area contributed by atoms with Gasteiger partial charge in [0.05, 0.1) is 23.3 Å². The van der Waals surface area contributed by atoms with Crippen molar-refractivity contribution in [3.05, 3.63) is 131 Å². The number of benzene rings is 2. The standard InChI is InChI=1S/C28H22N4/c29-19-25-3-7-27(8-4-25)21-31-15-11-23(12-16-31)1-2-24-13-17-32(18-14-24)22-28-9-5-26(20-30)6-10-28/h1-18H,21-22H2/q+2/b2-1+. The molecule has 0 aliphatic carbocycles. The molecule has 0 spiro atoms. The summed E-state index contributed by atoms with van der Waals surface area (Å²) >= 11 is 0. The summed E-state index contributed by atoms with van der Waals surface area (Å²) in [6, 6.07) is 28.0. The number of aromatic nitrogens is 2. The van der Waals surface area contributed by atoms with E-state index in [9.17, 15) is 0 Å². The lowest BCUT2D eigenvalue weighted by atomic mass is 10.1. The quantitative estimate of drug-likeness (QED) is 0.443. The molecular formula is C28H22N4+2. The van der Waals surface area contributed by atoms with Crippen molar-refractivity contribution in [2.24, 2.45) is 0 Å². The fourth-order valence-electron chi connectivity index (χ4n) is 3.35. The van der Waals surface area contributed by atoms with E-state index < -0.39 is 0 Å². The molecule has 0 atom stereocenters. The normalized spacial score (nSPS) is 10.6. The molecule has 4 aromatic rings. The van der Waals surface area contributed by atoms with Gasteiger partial charge in [0.25, 0.3) is 0 Å². The van der Waals surface area contributed by atoms with Gasteiger partial charge < -0.3 is 0 Å². The highest BCUT2D eigenvalue weighted by molar-refractivity contribution is 5.68. The first-order chi connectivity index (χ1) is 15.7. The number of nitrogens with zero attached hydrogens (tertiary/aromatic N) is 4. The van der Waals surface area contributed by atoms with Crippen LogP contribution in [0.2, 0.25) is 0 Å². The van der Waals surface area contributed by atoms with Crippen molar-refractivity contribution >= 4 is 12.2 Å². The number of rotatable bonds is 6. The molecule has 2 heterocycles. The Morgan fingerprint density at radius 3 is 1.19 bits per heavy atom. The summed E-state index contributed by atoms with van der Waals surface area (Å²) in [7, 11) is 0. The maximum atomic E-state index is 8.90. The zero-order valence-electron chi connectivity index (χ0n) is 17.6. The minimum absolute atomic E-state index is 0.680. The maximum absolute atomic E-state index is 8.90. The zero-order valence-corrected chi connectivity index (χ0v) is 17.6. The molecule has 0 N–H and O–H groups in total. The van der Waals surface area contributed by atoms with Gasteiger partial charge in [-0.1, -0.05) is 36.4 Å². The third kappa shape index (κ3) is 5.53. The topological polar surface area (TPSA) is 55.3 Å². The Hall–Kier alpha value is -4.54. The number of nitriles is 2. The lowest BCUT2D eigenvalue weighted by Gasteiger charge is -2.00. The zero-order chi connectivity index (χ0) is 22.2. The van der Waals surface area contributed by atoms with Gasteiger partial charge in [-0.05, 0) is 35.4 Å². The summed E-state index contributed by atoms with van der Waals surface area (Å²) in [5, 5.41) is 17.8. The first kappa shape index (κ1) is 20.7. The van der Waals surface area contributed by atoms with Crippen LogP contribution in [0.3, 0.4) is 0 Å². The van der Waals surface area contributed by atoms with E-state index >= 15 is 0 Å². The lowest BCUT2D eigenvalue weighted by Crippen LogP contribution is -2.33. The van der Waals surface area contributed by atoms with E-state index in [2.05, 4.69) is 82.5 Å². The molecule has 0 amide bonds. The minimum atomic E-state index is 0.680. The van der Waals surface area contributed by atoms with E-state index in [0.29, 0.717) is 11.1 Å². The van der Waals surface area contributed by atoms with E-state index in [1.54, 1.807) is 0 Å². The summed E-state index contributed by atoms with van der Waals surface area (Å²) in [4.78, 5) is 0. The van der Waals surface area contributed by atoms with Crippen molar-refractivity contribution in [3.63, 3.8) is 0 Å². The summed E-state index contributed by atoms with van der Waals surface area (Å²) in [5.41, 5.74) is 5.96. The minimum Gasteiger partial charge on any atom is -0.201 e. The van der Waals surface area contributed by atoms with Gasteiger partial charge in [0.1, 0.15) is 0 Å². The second-order valence-electron chi connectivity index (χ2n) is 7.56. The van der Waals surface area contributed by atoms with Gasteiger partial charge in [0, 0.05) is 35.4 Å².